The molecule has 0 aromatic carbocycles. The first kappa shape index (κ1) is 11.2. The fourth-order valence-corrected chi connectivity index (χ4v) is 1.17. The van der Waals surface area contributed by atoms with Gasteiger partial charge in [-0.1, -0.05) is 0 Å². The zero-order valence-electron chi connectivity index (χ0n) is 9.26. The number of nitro groups is 1. The van der Waals surface area contributed by atoms with Crippen LogP contribution in [0.25, 0.3) is 0 Å². The number of hydrogen-bond donors (Lipinski definition) is 0. The van der Waals surface area contributed by atoms with Crippen molar-refractivity contribution < 1.29 is 4.92 Å². The van der Waals surface area contributed by atoms with Crippen LogP contribution in [0.1, 0.15) is 0 Å². The molecule has 6 nitrogen and oxygen atoms in total. The molecular weight excluding hydrogens is 196 g/mol. The van der Waals surface area contributed by atoms with E-state index in [1.54, 1.807) is 30.0 Å². The second kappa shape index (κ2) is 4.12. The fraction of sp³-hybridized carbons (Fsp3) is 0.444. The molecular formula is C9H14N4O2. The summed E-state index contributed by atoms with van der Waals surface area (Å²) in [6.07, 6.45) is 1.28. The number of pyridine rings is 1. The van der Waals surface area contributed by atoms with E-state index in [4.69, 9.17) is 0 Å². The second-order valence-electron chi connectivity index (χ2n) is 3.58. The lowest BCUT2D eigenvalue weighted by Crippen LogP contribution is -2.15. The normalized spacial score (nSPS) is 9.87. The Labute approximate surface area is 88.3 Å². The Morgan fingerprint density at radius 2 is 1.87 bits per heavy atom. The summed E-state index contributed by atoms with van der Waals surface area (Å²) in [6.45, 7) is 0. The van der Waals surface area contributed by atoms with Gasteiger partial charge in [0.25, 0.3) is 0 Å². The van der Waals surface area contributed by atoms with Crippen molar-refractivity contribution in [2.75, 3.05) is 38.0 Å². The van der Waals surface area contributed by atoms with E-state index in [2.05, 4.69) is 4.98 Å². The van der Waals surface area contributed by atoms with E-state index >= 15 is 0 Å². The largest absolute Gasteiger partial charge is 0.372 e. The number of rotatable bonds is 3. The van der Waals surface area contributed by atoms with Gasteiger partial charge in [0, 0.05) is 34.3 Å². The standard InChI is InChI=1S/C9H14N4O2/c1-11(2)7-5-9(12(3)4)10-6-8(7)13(14)15/h5-6H,1-4H3. The Morgan fingerprint density at radius 3 is 2.27 bits per heavy atom. The maximum absolute atomic E-state index is 10.7. The quantitative estimate of drug-likeness (QED) is 0.552. The van der Waals surface area contributed by atoms with E-state index in [1.165, 1.54) is 6.20 Å². The lowest BCUT2D eigenvalue weighted by Gasteiger charge is -2.16. The van der Waals surface area contributed by atoms with Crippen LogP contribution in [0.15, 0.2) is 12.3 Å². The molecule has 0 radical (unpaired) electrons. The summed E-state index contributed by atoms with van der Waals surface area (Å²) in [7, 11) is 7.21. The molecule has 0 N–H and O–H groups in total. The van der Waals surface area contributed by atoms with Gasteiger partial charge in [0.15, 0.2) is 0 Å². The van der Waals surface area contributed by atoms with Crippen molar-refractivity contribution in [2.45, 2.75) is 0 Å². The molecule has 6 heteroatoms. The van der Waals surface area contributed by atoms with Crippen molar-refractivity contribution in [3.05, 3.63) is 22.4 Å². The molecule has 15 heavy (non-hydrogen) atoms. The summed E-state index contributed by atoms with van der Waals surface area (Å²) in [5.74, 6) is 0.698. The van der Waals surface area contributed by atoms with Crippen LogP contribution in [0, 0.1) is 10.1 Å². The molecule has 1 heterocycles. The molecule has 0 saturated heterocycles. The van der Waals surface area contributed by atoms with Crippen LogP contribution >= 0.6 is 0 Å². The van der Waals surface area contributed by atoms with Gasteiger partial charge in [-0.3, -0.25) is 10.1 Å². The van der Waals surface area contributed by atoms with E-state index in [0.717, 1.165) is 0 Å². The molecule has 0 aliphatic rings. The lowest BCUT2D eigenvalue weighted by molar-refractivity contribution is -0.384. The molecule has 0 fully saturated rings. The van der Waals surface area contributed by atoms with E-state index in [1.807, 2.05) is 14.1 Å². The first-order valence-corrected chi connectivity index (χ1v) is 4.42. The van der Waals surface area contributed by atoms with Crippen LogP contribution in [-0.2, 0) is 0 Å². The number of aromatic nitrogens is 1. The van der Waals surface area contributed by atoms with Crippen LogP contribution in [0.2, 0.25) is 0 Å². The predicted molar refractivity (Wildman–Crippen MR) is 59.5 cm³/mol. The molecule has 1 aromatic heterocycles. The van der Waals surface area contributed by atoms with E-state index in [-0.39, 0.29) is 5.69 Å². The first-order chi connectivity index (χ1) is 6.93. The molecule has 0 unspecified atom stereocenters. The average molecular weight is 210 g/mol. The smallest absolute Gasteiger partial charge is 0.310 e. The summed E-state index contributed by atoms with van der Waals surface area (Å²) in [6, 6.07) is 1.69. The molecule has 0 bridgehead atoms. The summed E-state index contributed by atoms with van der Waals surface area (Å²) in [4.78, 5) is 17.8. The minimum Gasteiger partial charge on any atom is -0.372 e. The molecule has 0 atom stereocenters. The zero-order chi connectivity index (χ0) is 11.6. The van der Waals surface area contributed by atoms with Crippen LogP contribution in [0.3, 0.4) is 0 Å². The molecule has 0 aliphatic carbocycles. The highest BCUT2D eigenvalue weighted by Crippen LogP contribution is 2.28. The van der Waals surface area contributed by atoms with Gasteiger partial charge in [-0.25, -0.2) is 4.98 Å². The van der Waals surface area contributed by atoms with Crippen LogP contribution in [-0.4, -0.2) is 38.1 Å². The topological polar surface area (TPSA) is 62.5 Å². The summed E-state index contributed by atoms with van der Waals surface area (Å²) in [5, 5.41) is 10.7. The SMILES string of the molecule is CN(C)c1cc(N(C)C)c([N+](=O)[O-])cn1. The van der Waals surface area contributed by atoms with E-state index < -0.39 is 4.92 Å². The molecule has 1 aromatic rings. The van der Waals surface area contributed by atoms with Crippen molar-refractivity contribution in [3.63, 3.8) is 0 Å². The zero-order valence-corrected chi connectivity index (χ0v) is 9.26. The lowest BCUT2D eigenvalue weighted by atomic mass is 10.3. The summed E-state index contributed by atoms with van der Waals surface area (Å²) in [5.41, 5.74) is 0.573. The maximum atomic E-state index is 10.7. The van der Waals surface area contributed by atoms with Gasteiger partial charge >= 0.3 is 5.69 Å². The monoisotopic (exact) mass is 210 g/mol. The Balaban J connectivity index is 3.27. The van der Waals surface area contributed by atoms with Crippen molar-refractivity contribution in [3.8, 4) is 0 Å². The molecule has 0 saturated carbocycles. The van der Waals surface area contributed by atoms with Crippen molar-refractivity contribution in [1.29, 1.82) is 0 Å². The number of hydrogen-bond acceptors (Lipinski definition) is 5. The maximum Gasteiger partial charge on any atom is 0.310 e. The third-order valence-electron chi connectivity index (χ3n) is 1.98. The van der Waals surface area contributed by atoms with Gasteiger partial charge in [0.1, 0.15) is 17.7 Å². The van der Waals surface area contributed by atoms with Crippen LogP contribution < -0.4 is 9.80 Å². The average Bonchev–Trinajstić information content (AvgIpc) is 2.16. The molecule has 1 rings (SSSR count). The van der Waals surface area contributed by atoms with Gasteiger partial charge in [0.05, 0.1) is 4.92 Å². The summed E-state index contributed by atoms with van der Waals surface area (Å²) >= 11 is 0. The third kappa shape index (κ3) is 2.34. The molecule has 82 valence electrons. The molecule has 0 aliphatic heterocycles. The van der Waals surface area contributed by atoms with E-state index in [9.17, 15) is 10.1 Å². The third-order valence-corrected chi connectivity index (χ3v) is 1.98. The molecule has 0 spiro atoms. The highest BCUT2D eigenvalue weighted by Gasteiger charge is 2.17. The second-order valence-corrected chi connectivity index (χ2v) is 3.58. The Hall–Kier alpha value is -1.85. The van der Waals surface area contributed by atoms with Gasteiger partial charge in [-0.15, -0.1) is 0 Å². The van der Waals surface area contributed by atoms with Crippen LogP contribution in [0.4, 0.5) is 17.2 Å². The fourth-order valence-electron chi connectivity index (χ4n) is 1.17. The highest BCUT2D eigenvalue weighted by molar-refractivity contribution is 5.66. The van der Waals surface area contributed by atoms with Crippen LogP contribution in [0.5, 0.6) is 0 Å². The Bertz CT molecular complexity index is 376. The highest BCUT2D eigenvalue weighted by atomic mass is 16.6. The Kier molecular flexibility index (Phi) is 3.08. The summed E-state index contributed by atoms with van der Waals surface area (Å²) < 4.78 is 0. The van der Waals surface area contributed by atoms with Crippen molar-refractivity contribution in [1.82, 2.24) is 4.98 Å². The van der Waals surface area contributed by atoms with Gasteiger partial charge in [-0.2, -0.15) is 0 Å². The van der Waals surface area contributed by atoms with Gasteiger partial charge in [0.2, 0.25) is 0 Å². The minimum atomic E-state index is -0.429. The number of anilines is 2. The van der Waals surface area contributed by atoms with Crippen molar-refractivity contribution >= 4 is 17.2 Å². The van der Waals surface area contributed by atoms with Gasteiger partial charge < -0.3 is 9.80 Å². The Morgan fingerprint density at radius 1 is 1.27 bits per heavy atom. The number of nitrogens with zero attached hydrogens (tertiary/aromatic N) is 4. The predicted octanol–water partition coefficient (Wildman–Crippen LogP) is 1.12. The van der Waals surface area contributed by atoms with Gasteiger partial charge in [-0.05, 0) is 0 Å². The molecule has 0 amide bonds. The van der Waals surface area contributed by atoms with E-state index in [0.29, 0.717) is 11.5 Å². The first-order valence-electron chi connectivity index (χ1n) is 4.42. The van der Waals surface area contributed by atoms with Crippen molar-refractivity contribution in [2.24, 2.45) is 0 Å². The minimum absolute atomic E-state index is 0.0191.